The van der Waals surface area contributed by atoms with E-state index in [1.54, 1.807) is 24.3 Å². The molecule has 0 unspecified atom stereocenters. The zero-order valence-electron chi connectivity index (χ0n) is 9.86. The maximum atomic E-state index is 11.6. The lowest BCUT2D eigenvalue weighted by Crippen LogP contribution is -2.02. The summed E-state index contributed by atoms with van der Waals surface area (Å²) in [4.78, 5) is 30.6. The van der Waals surface area contributed by atoms with Gasteiger partial charge < -0.3 is 0 Å². The number of halogens is 2. The second kappa shape index (κ2) is 6.03. The number of nitrogens with zero attached hydrogens (tertiary/aromatic N) is 3. The van der Waals surface area contributed by atoms with Gasteiger partial charge in [-0.15, -0.1) is 34.0 Å². The largest absolute Gasteiger partial charge is 0.280 e. The molecule has 2 aliphatic rings. The minimum Gasteiger partial charge on any atom is -0.267 e. The van der Waals surface area contributed by atoms with Crippen molar-refractivity contribution in [1.82, 2.24) is 9.97 Å². The number of nitriles is 1. The Morgan fingerprint density at radius 1 is 1.10 bits per heavy atom. The van der Waals surface area contributed by atoms with Crippen molar-refractivity contribution in [2.75, 3.05) is 0 Å². The van der Waals surface area contributed by atoms with Crippen LogP contribution >= 0.6 is 34.0 Å². The molecule has 0 saturated carbocycles. The molecule has 2 heterocycles. The van der Waals surface area contributed by atoms with Gasteiger partial charge in [-0.05, 0) is 12.1 Å². The number of rotatable bonds is 1. The molecule has 5 nitrogen and oxygen atoms in total. The molecule has 0 aliphatic carbocycles. The van der Waals surface area contributed by atoms with E-state index in [9.17, 15) is 9.59 Å². The van der Waals surface area contributed by atoms with Gasteiger partial charge in [0.15, 0.2) is 0 Å². The topological polar surface area (TPSA) is 83.7 Å². The van der Waals surface area contributed by atoms with E-state index in [4.69, 9.17) is 5.26 Å². The van der Waals surface area contributed by atoms with E-state index in [0.29, 0.717) is 16.8 Å². The third kappa shape index (κ3) is 2.40. The van der Waals surface area contributed by atoms with Crippen molar-refractivity contribution < 1.29 is 0 Å². The predicted molar refractivity (Wildman–Crippen MR) is 83.0 cm³/mol. The van der Waals surface area contributed by atoms with Crippen molar-refractivity contribution in [2.24, 2.45) is 0 Å². The molecule has 0 bridgehead atoms. The Balaban J connectivity index is 0.000001000. The van der Waals surface area contributed by atoms with E-state index in [1.807, 2.05) is 6.07 Å². The smallest absolute Gasteiger partial charge is 0.267 e. The van der Waals surface area contributed by atoms with Gasteiger partial charge in [-0.25, -0.2) is 9.97 Å². The summed E-state index contributed by atoms with van der Waals surface area (Å²) in [5.41, 5.74) is 0.401. The van der Waals surface area contributed by atoms with Gasteiger partial charge in [0.1, 0.15) is 0 Å². The molecule has 0 N–H and O–H groups in total. The third-order valence-electron chi connectivity index (χ3n) is 2.74. The number of hydrogen-bond acceptors (Lipinski definition) is 5. The zero-order valence-corrected chi connectivity index (χ0v) is 13.3. The summed E-state index contributed by atoms with van der Waals surface area (Å²) in [5.74, 6) is 0. The molecule has 0 radical (unpaired) electrons. The molecule has 0 amide bonds. The van der Waals surface area contributed by atoms with E-state index >= 15 is 0 Å². The number of hydrogen-bond donors (Lipinski definition) is 0. The monoisotopic (exact) mass is 395 g/mol. The SMILES string of the molecule is Br.Br.N#Cc1cccc(-c2nc(=O)c3cnc(=O)c2=3)c1. The molecule has 0 saturated heterocycles. The Labute approximate surface area is 133 Å². The predicted octanol–water partition coefficient (Wildman–Crippen LogP) is 1.49. The normalized spacial score (nSPS) is 9.55. The average molecular weight is 397 g/mol. The van der Waals surface area contributed by atoms with Crippen molar-refractivity contribution in [3.8, 4) is 17.3 Å². The molecule has 1 aromatic carbocycles. The van der Waals surface area contributed by atoms with E-state index < -0.39 is 11.1 Å². The fourth-order valence-corrected chi connectivity index (χ4v) is 1.92. The molecule has 3 rings (SSSR count). The summed E-state index contributed by atoms with van der Waals surface area (Å²) in [6.45, 7) is 0. The van der Waals surface area contributed by atoms with Crippen LogP contribution in [-0.2, 0) is 0 Å². The van der Waals surface area contributed by atoms with Crippen molar-refractivity contribution in [3.63, 3.8) is 0 Å². The van der Waals surface area contributed by atoms with Gasteiger partial charge in [-0.3, -0.25) is 9.59 Å². The van der Waals surface area contributed by atoms with Crippen LogP contribution < -0.4 is 11.1 Å². The van der Waals surface area contributed by atoms with Crippen LogP contribution in [0.1, 0.15) is 5.56 Å². The van der Waals surface area contributed by atoms with Gasteiger partial charge in [0.05, 0.1) is 27.8 Å². The van der Waals surface area contributed by atoms with Crippen LogP contribution in [0.3, 0.4) is 0 Å². The summed E-state index contributed by atoms with van der Waals surface area (Å²) in [5, 5.41) is 9.30. The van der Waals surface area contributed by atoms with Gasteiger partial charge in [0.2, 0.25) is 0 Å². The first-order valence-corrected chi connectivity index (χ1v) is 5.17. The van der Waals surface area contributed by atoms with Crippen LogP contribution in [-0.4, -0.2) is 9.97 Å². The summed E-state index contributed by atoms with van der Waals surface area (Å²) in [7, 11) is 0. The highest BCUT2D eigenvalue weighted by Gasteiger charge is 2.13. The van der Waals surface area contributed by atoms with Gasteiger partial charge in [-0.1, -0.05) is 12.1 Å². The molecule has 100 valence electrons. The van der Waals surface area contributed by atoms with Crippen molar-refractivity contribution in [3.05, 3.63) is 67.2 Å². The highest BCUT2D eigenvalue weighted by Crippen LogP contribution is 2.18. The summed E-state index contributed by atoms with van der Waals surface area (Å²) < 4.78 is 0. The molecular formula is C13H7Br2N3O2. The second-order valence-electron chi connectivity index (χ2n) is 3.81. The Morgan fingerprint density at radius 3 is 2.55 bits per heavy atom. The standard InChI is InChI=1S/C13H5N3O2.2BrH/c14-5-7-2-1-3-8(4-7)11-10-9(12(17)16-11)6-15-13(10)18;;/h1-4,6H;2*1H. The van der Waals surface area contributed by atoms with Gasteiger partial charge in [0, 0.05) is 11.8 Å². The average Bonchev–Trinajstić information content (AvgIpc) is 2.92. The minimum absolute atomic E-state index is 0. The van der Waals surface area contributed by atoms with E-state index in [1.165, 1.54) is 6.20 Å². The third-order valence-corrected chi connectivity index (χ3v) is 2.74. The van der Waals surface area contributed by atoms with Crippen LogP contribution in [0.4, 0.5) is 0 Å². The number of aromatic nitrogens is 2. The highest BCUT2D eigenvalue weighted by atomic mass is 79.9. The molecule has 0 fully saturated rings. The molecule has 0 spiro atoms. The lowest BCUT2D eigenvalue weighted by Gasteiger charge is -1.96. The first-order chi connectivity index (χ1) is 8.70. The Kier molecular flexibility index (Phi) is 4.87. The first-order valence-electron chi connectivity index (χ1n) is 5.17. The quantitative estimate of drug-likeness (QED) is 0.622. The van der Waals surface area contributed by atoms with Crippen LogP contribution in [0.5, 0.6) is 0 Å². The van der Waals surface area contributed by atoms with Gasteiger partial charge >= 0.3 is 0 Å². The Bertz CT molecular complexity index is 937. The summed E-state index contributed by atoms with van der Waals surface area (Å²) in [6, 6.07) is 8.62. The Morgan fingerprint density at radius 2 is 1.85 bits per heavy atom. The number of benzene rings is 1. The molecule has 1 aromatic rings. The molecule has 7 heteroatoms. The summed E-state index contributed by atoms with van der Waals surface area (Å²) >= 11 is 0. The second-order valence-corrected chi connectivity index (χ2v) is 3.81. The maximum Gasteiger partial charge on any atom is 0.280 e. The van der Waals surface area contributed by atoms with Crippen LogP contribution in [0.25, 0.3) is 11.3 Å². The van der Waals surface area contributed by atoms with Crippen molar-refractivity contribution in [2.45, 2.75) is 0 Å². The minimum atomic E-state index is -0.461. The molecular weight excluding hydrogens is 390 g/mol. The molecule has 0 atom stereocenters. The van der Waals surface area contributed by atoms with E-state index in [0.717, 1.165) is 0 Å². The summed E-state index contributed by atoms with van der Waals surface area (Å²) in [6.07, 6.45) is 1.24. The molecule has 0 aromatic heterocycles. The van der Waals surface area contributed by atoms with E-state index in [2.05, 4.69) is 9.97 Å². The highest BCUT2D eigenvalue weighted by molar-refractivity contribution is 8.93. The van der Waals surface area contributed by atoms with Gasteiger partial charge in [-0.2, -0.15) is 5.26 Å². The zero-order chi connectivity index (χ0) is 12.7. The van der Waals surface area contributed by atoms with Crippen LogP contribution in [0.2, 0.25) is 0 Å². The van der Waals surface area contributed by atoms with E-state index in [-0.39, 0.29) is 44.4 Å². The lowest BCUT2D eigenvalue weighted by molar-refractivity contribution is 1.23. The Hall–Kier alpha value is -1.91. The molecule has 2 aliphatic heterocycles. The molecule has 20 heavy (non-hydrogen) atoms. The maximum absolute atomic E-state index is 11.6. The first kappa shape index (κ1) is 16.1. The fourth-order valence-electron chi connectivity index (χ4n) is 1.92. The van der Waals surface area contributed by atoms with Crippen LogP contribution in [0.15, 0.2) is 40.1 Å². The van der Waals surface area contributed by atoms with Crippen molar-refractivity contribution >= 4 is 34.0 Å². The fraction of sp³-hybridized carbons (Fsp3) is 0. The van der Waals surface area contributed by atoms with Crippen LogP contribution in [0, 0.1) is 21.8 Å². The lowest BCUT2D eigenvalue weighted by atomic mass is 10.1. The van der Waals surface area contributed by atoms with Crippen molar-refractivity contribution in [1.29, 1.82) is 5.26 Å². The van der Waals surface area contributed by atoms with Gasteiger partial charge in [0.25, 0.3) is 11.1 Å².